The number of nitrogens with zero attached hydrogens (tertiary/aromatic N) is 1. The molecule has 1 aromatic heterocycles. The van der Waals surface area contributed by atoms with Crippen molar-refractivity contribution in [3.8, 4) is 0 Å². The number of carbonyl (C=O) groups is 1. The van der Waals surface area contributed by atoms with Gasteiger partial charge in [0.05, 0.1) is 6.04 Å². The van der Waals surface area contributed by atoms with Crippen LogP contribution >= 0.6 is 11.3 Å². The lowest BCUT2D eigenvalue weighted by molar-refractivity contribution is -0.123. The molecule has 0 spiro atoms. The molecule has 1 amide bonds. The molecule has 0 bridgehead atoms. The number of aromatic nitrogens is 1. The van der Waals surface area contributed by atoms with Gasteiger partial charge in [-0.1, -0.05) is 26.2 Å². The fourth-order valence-electron chi connectivity index (χ4n) is 2.79. The molecule has 1 aromatic rings. The summed E-state index contributed by atoms with van der Waals surface area (Å²) < 4.78 is 0. The molecular weight excluding hydrogens is 270 g/mol. The molecule has 4 nitrogen and oxygen atoms in total. The molecule has 1 aliphatic rings. The Bertz CT molecular complexity index is 452. The fourth-order valence-corrected chi connectivity index (χ4v) is 3.65. The molecule has 0 aromatic carbocycles. The van der Waals surface area contributed by atoms with Crippen LogP contribution in [0.3, 0.4) is 0 Å². The zero-order chi connectivity index (χ0) is 14.6. The summed E-state index contributed by atoms with van der Waals surface area (Å²) in [5.74, 6) is 0.0511. The summed E-state index contributed by atoms with van der Waals surface area (Å²) in [6, 6.07) is -0.0278. The van der Waals surface area contributed by atoms with E-state index in [0.717, 1.165) is 37.1 Å². The van der Waals surface area contributed by atoms with Crippen molar-refractivity contribution < 1.29 is 4.79 Å². The van der Waals surface area contributed by atoms with E-state index in [1.54, 1.807) is 11.3 Å². The Labute approximate surface area is 125 Å². The van der Waals surface area contributed by atoms with Crippen LogP contribution in [0.2, 0.25) is 0 Å². The highest BCUT2D eigenvalue weighted by molar-refractivity contribution is 7.11. The van der Waals surface area contributed by atoms with E-state index < -0.39 is 0 Å². The quantitative estimate of drug-likeness (QED) is 0.877. The Balaban J connectivity index is 1.87. The summed E-state index contributed by atoms with van der Waals surface area (Å²) in [4.78, 5) is 17.8. The number of carbonyl (C=O) groups excluding carboxylic acids is 1. The number of aryl methyl sites for hydroxylation is 1. The van der Waals surface area contributed by atoms with Crippen LogP contribution in [0.1, 0.15) is 68.3 Å². The van der Waals surface area contributed by atoms with Crippen molar-refractivity contribution >= 4 is 17.2 Å². The Hall–Kier alpha value is -0.940. The van der Waals surface area contributed by atoms with E-state index in [4.69, 9.17) is 5.73 Å². The van der Waals surface area contributed by atoms with E-state index in [1.807, 2.05) is 13.1 Å². The Kier molecular flexibility index (Phi) is 5.16. The molecule has 1 aliphatic carbocycles. The first-order valence-corrected chi connectivity index (χ1v) is 8.37. The molecule has 0 aliphatic heterocycles. The van der Waals surface area contributed by atoms with Crippen molar-refractivity contribution in [1.82, 2.24) is 10.3 Å². The van der Waals surface area contributed by atoms with Crippen LogP contribution in [0.25, 0.3) is 0 Å². The maximum atomic E-state index is 12.2. The predicted octanol–water partition coefficient (Wildman–Crippen LogP) is 2.93. The van der Waals surface area contributed by atoms with Gasteiger partial charge in [-0.2, -0.15) is 0 Å². The van der Waals surface area contributed by atoms with Gasteiger partial charge in [0.2, 0.25) is 5.91 Å². The van der Waals surface area contributed by atoms with Crippen LogP contribution in [0.5, 0.6) is 0 Å². The molecule has 0 radical (unpaired) electrons. The van der Waals surface area contributed by atoms with Crippen LogP contribution in [-0.2, 0) is 11.2 Å². The molecule has 0 saturated heterocycles. The minimum atomic E-state index is -0.292. The van der Waals surface area contributed by atoms with Gasteiger partial charge >= 0.3 is 0 Å². The van der Waals surface area contributed by atoms with Crippen LogP contribution in [0, 0.1) is 0 Å². The lowest BCUT2D eigenvalue weighted by atomic mass is 9.80. The van der Waals surface area contributed by atoms with Gasteiger partial charge in [-0.15, -0.1) is 11.3 Å². The third-order valence-electron chi connectivity index (χ3n) is 4.03. The average molecular weight is 295 g/mol. The van der Waals surface area contributed by atoms with E-state index in [-0.39, 0.29) is 17.5 Å². The first-order chi connectivity index (χ1) is 9.52. The maximum absolute atomic E-state index is 12.2. The minimum absolute atomic E-state index is 0.0278. The highest BCUT2D eigenvalue weighted by Gasteiger charge is 2.30. The number of amides is 1. The van der Waals surface area contributed by atoms with Gasteiger partial charge in [-0.3, -0.25) is 4.79 Å². The summed E-state index contributed by atoms with van der Waals surface area (Å²) in [5.41, 5.74) is 6.03. The van der Waals surface area contributed by atoms with E-state index in [0.29, 0.717) is 6.42 Å². The zero-order valence-electron chi connectivity index (χ0n) is 12.4. The molecule has 1 heterocycles. The molecule has 112 valence electrons. The topological polar surface area (TPSA) is 68.0 Å². The van der Waals surface area contributed by atoms with Gasteiger partial charge < -0.3 is 11.1 Å². The first kappa shape index (κ1) is 15.4. The molecule has 5 heteroatoms. The number of thiazole rings is 1. The Morgan fingerprint density at radius 2 is 2.20 bits per heavy atom. The largest absolute Gasteiger partial charge is 0.347 e. The summed E-state index contributed by atoms with van der Waals surface area (Å²) in [7, 11) is 0. The van der Waals surface area contributed by atoms with Crippen molar-refractivity contribution in [2.45, 2.75) is 70.4 Å². The van der Waals surface area contributed by atoms with Crippen LogP contribution in [0.15, 0.2) is 6.20 Å². The van der Waals surface area contributed by atoms with Crippen molar-refractivity contribution in [2.24, 2.45) is 5.73 Å². The molecule has 2 rings (SSSR count). The summed E-state index contributed by atoms with van der Waals surface area (Å²) >= 11 is 1.67. The average Bonchev–Trinajstić information content (AvgIpc) is 2.87. The maximum Gasteiger partial charge on any atom is 0.222 e. The SMILES string of the molecule is CCc1cnc(C(C)NC(=O)CC2(N)CCCCC2)s1. The monoisotopic (exact) mass is 295 g/mol. The van der Waals surface area contributed by atoms with Gasteiger partial charge in [0.25, 0.3) is 0 Å². The van der Waals surface area contributed by atoms with Gasteiger partial charge in [-0.25, -0.2) is 4.98 Å². The number of nitrogens with two attached hydrogens (primary N) is 1. The number of nitrogens with one attached hydrogen (secondary N) is 1. The third kappa shape index (κ3) is 4.03. The van der Waals surface area contributed by atoms with Gasteiger partial charge in [0.15, 0.2) is 0 Å². The molecule has 1 saturated carbocycles. The third-order valence-corrected chi connectivity index (χ3v) is 5.35. The summed E-state index contributed by atoms with van der Waals surface area (Å²) in [5, 5.41) is 4.01. The second-order valence-electron chi connectivity index (χ2n) is 5.91. The molecule has 3 N–H and O–H groups in total. The van der Waals surface area contributed by atoms with Gasteiger partial charge in [0, 0.05) is 23.0 Å². The lowest BCUT2D eigenvalue weighted by Crippen LogP contribution is -2.46. The second-order valence-corrected chi connectivity index (χ2v) is 7.05. The molecule has 1 fully saturated rings. The summed E-state index contributed by atoms with van der Waals surface area (Å²) in [6.07, 6.45) is 8.78. The Morgan fingerprint density at radius 1 is 1.50 bits per heavy atom. The van der Waals surface area contributed by atoms with E-state index >= 15 is 0 Å². The number of hydrogen-bond acceptors (Lipinski definition) is 4. The molecule has 1 unspecified atom stereocenters. The van der Waals surface area contributed by atoms with Crippen LogP contribution in [-0.4, -0.2) is 16.4 Å². The normalized spacial score (nSPS) is 19.6. The van der Waals surface area contributed by atoms with Crippen LogP contribution in [0.4, 0.5) is 0 Å². The molecule has 1 atom stereocenters. The Morgan fingerprint density at radius 3 is 2.80 bits per heavy atom. The summed E-state index contributed by atoms with van der Waals surface area (Å²) in [6.45, 7) is 4.10. The molecular formula is C15H25N3OS. The fraction of sp³-hybridized carbons (Fsp3) is 0.733. The van der Waals surface area contributed by atoms with Crippen LogP contribution < -0.4 is 11.1 Å². The smallest absolute Gasteiger partial charge is 0.222 e. The van der Waals surface area contributed by atoms with E-state index in [9.17, 15) is 4.79 Å². The van der Waals surface area contributed by atoms with Crippen molar-refractivity contribution in [1.29, 1.82) is 0 Å². The van der Waals surface area contributed by atoms with Gasteiger partial charge in [-0.05, 0) is 26.2 Å². The zero-order valence-corrected chi connectivity index (χ0v) is 13.3. The number of hydrogen-bond donors (Lipinski definition) is 2. The first-order valence-electron chi connectivity index (χ1n) is 7.55. The van der Waals surface area contributed by atoms with Crippen molar-refractivity contribution in [3.05, 3.63) is 16.1 Å². The lowest BCUT2D eigenvalue weighted by Gasteiger charge is -2.33. The second kappa shape index (κ2) is 6.68. The minimum Gasteiger partial charge on any atom is -0.347 e. The predicted molar refractivity (Wildman–Crippen MR) is 82.7 cm³/mol. The standard InChI is InChI=1S/C15H25N3OS/c1-3-12-10-17-14(20-12)11(2)18-13(19)9-15(16)7-5-4-6-8-15/h10-11H,3-9,16H2,1-2H3,(H,18,19). The highest BCUT2D eigenvalue weighted by Crippen LogP contribution is 2.29. The molecule has 20 heavy (non-hydrogen) atoms. The van der Waals surface area contributed by atoms with E-state index in [2.05, 4.69) is 17.2 Å². The van der Waals surface area contributed by atoms with E-state index in [1.165, 1.54) is 11.3 Å². The van der Waals surface area contributed by atoms with Gasteiger partial charge in [0.1, 0.15) is 5.01 Å². The number of rotatable bonds is 5. The van der Waals surface area contributed by atoms with Crippen molar-refractivity contribution in [3.63, 3.8) is 0 Å². The highest BCUT2D eigenvalue weighted by atomic mass is 32.1. The van der Waals surface area contributed by atoms with Crippen molar-refractivity contribution in [2.75, 3.05) is 0 Å².